The van der Waals surface area contributed by atoms with Crippen molar-refractivity contribution in [1.29, 1.82) is 0 Å². The number of piperazine rings is 1. The minimum absolute atomic E-state index is 0.0557. The first kappa shape index (κ1) is 20.3. The van der Waals surface area contributed by atoms with Gasteiger partial charge in [-0.15, -0.1) is 0 Å². The van der Waals surface area contributed by atoms with E-state index in [1.54, 1.807) is 24.0 Å². The maximum atomic E-state index is 12.8. The molecule has 1 unspecified atom stereocenters. The molecule has 2 heterocycles. The van der Waals surface area contributed by atoms with Crippen LogP contribution in [0.4, 0.5) is 13.2 Å². The maximum Gasteiger partial charge on any atom is 0.416 e. The van der Waals surface area contributed by atoms with E-state index in [0.29, 0.717) is 5.56 Å². The lowest BCUT2D eigenvalue weighted by Crippen LogP contribution is -2.55. The van der Waals surface area contributed by atoms with Gasteiger partial charge in [-0.05, 0) is 43.3 Å². The van der Waals surface area contributed by atoms with Gasteiger partial charge in [-0.3, -0.25) is 9.78 Å². The number of rotatable bonds is 3. The SMILES string of the molecule is CC1CN(S(=O)(=O)c2ccc(C(F)(F)F)cc2)CCN1C(=O)c1ccncc1. The molecular formula is C18H18F3N3O3S. The monoisotopic (exact) mass is 413 g/mol. The standard InChI is InChI=1S/C18H18F3N3O3S/c1-13-12-23(10-11-24(13)17(25)14-6-8-22-9-7-14)28(26,27)16-4-2-15(3-5-16)18(19,20)21/h2-9,13H,10-12H2,1H3. The van der Waals surface area contributed by atoms with E-state index in [2.05, 4.69) is 4.98 Å². The molecule has 3 rings (SSSR count). The summed E-state index contributed by atoms with van der Waals surface area (Å²) in [6.07, 6.45) is -1.53. The highest BCUT2D eigenvalue weighted by atomic mass is 32.2. The zero-order valence-corrected chi connectivity index (χ0v) is 15.7. The van der Waals surface area contributed by atoms with Crippen LogP contribution in [-0.4, -0.2) is 54.2 Å². The first-order chi connectivity index (χ1) is 13.1. The summed E-state index contributed by atoms with van der Waals surface area (Å²) in [5.74, 6) is -0.221. The van der Waals surface area contributed by atoms with Crippen LogP contribution in [0.1, 0.15) is 22.8 Å². The van der Waals surface area contributed by atoms with E-state index in [1.165, 1.54) is 16.7 Å². The summed E-state index contributed by atoms with van der Waals surface area (Å²) in [4.78, 5) is 17.8. The van der Waals surface area contributed by atoms with Crippen molar-refractivity contribution in [2.75, 3.05) is 19.6 Å². The van der Waals surface area contributed by atoms with Gasteiger partial charge in [0.1, 0.15) is 0 Å². The van der Waals surface area contributed by atoms with Crippen molar-refractivity contribution in [2.45, 2.75) is 24.0 Å². The molecule has 0 saturated carbocycles. The molecule has 1 atom stereocenters. The van der Waals surface area contributed by atoms with Gasteiger partial charge in [0.25, 0.3) is 5.91 Å². The van der Waals surface area contributed by atoms with E-state index in [4.69, 9.17) is 0 Å². The van der Waals surface area contributed by atoms with Crippen LogP contribution in [-0.2, 0) is 16.2 Å². The molecule has 0 aliphatic carbocycles. The van der Waals surface area contributed by atoms with Gasteiger partial charge in [-0.2, -0.15) is 17.5 Å². The Morgan fingerprint density at radius 1 is 1.07 bits per heavy atom. The summed E-state index contributed by atoms with van der Waals surface area (Å²) in [7, 11) is -3.95. The first-order valence-electron chi connectivity index (χ1n) is 8.49. The van der Waals surface area contributed by atoms with Gasteiger partial charge in [0.05, 0.1) is 10.5 Å². The highest BCUT2D eigenvalue weighted by Crippen LogP contribution is 2.30. The number of pyridine rings is 1. The number of carbonyl (C=O) groups excluding carboxylic acids is 1. The summed E-state index contributed by atoms with van der Waals surface area (Å²) in [6, 6.07) is 6.19. The smallest absolute Gasteiger partial charge is 0.333 e. The van der Waals surface area contributed by atoms with Crippen LogP contribution >= 0.6 is 0 Å². The molecule has 1 fully saturated rings. The van der Waals surface area contributed by atoms with E-state index in [-0.39, 0.29) is 30.4 Å². The zero-order valence-electron chi connectivity index (χ0n) is 14.9. The second kappa shape index (κ2) is 7.51. The van der Waals surface area contributed by atoms with Gasteiger partial charge in [-0.25, -0.2) is 8.42 Å². The normalized spacial score (nSPS) is 18.9. The lowest BCUT2D eigenvalue weighted by Gasteiger charge is -2.39. The molecule has 1 aromatic heterocycles. The van der Waals surface area contributed by atoms with E-state index < -0.39 is 27.8 Å². The number of amides is 1. The lowest BCUT2D eigenvalue weighted by atomic mass is 10.1. The Morgan fingerprint density at radius 2 is 1.68 bits per heavy atom. The average Bonchev–Trinajstić information content (AvgIpc) is 2.67. The molecule has 1 aliphatic heterocycles. The quantitative estimate of drug-likeness (QED) is 0.776. The molecule has 0 radical (unpaired) electrons. The Balaban J connectivity index is 1.74. The Morgan fingerprint density at radius 3 is 2.21 bits per heavy atom. The number of sulfonamides is 1. The largest absolute Gasteiger partial charge is 0.416 e. The fourth-order valence-corrected chi connectivity index (χ4v) is 4.58. The number of aromatic nitrogens is 1. The number of halogens is 3. The van der Waals surface area contributed by atoms with Gasteiger partial charge in [0.15, 0.2) is 0 Å². The zero-order chi connectivity index (χ0) is 20.5. The second-order valence-electron chi connectivity index (χ2n) is 6.47. The average molecular weight is 413 g/mol. The number of nitrogens with zero attached hydrogens (tertiary/aromatic N) is 3. The molecule has 28 heavy (non-hydrogen) atoms. The molecule has 10 heteroatoms. The summed E-state index contributed by atoms with van der Waals surface area (Å²) in [6.45, 7) is 2.03. The minimum Gasteiger partial charge on any atom is -0.333 e. The molecule has 6 nitrogen and oxygen atoms in total. The number of hydrogen-bond donors (Lipinski definition) is 0. The Labute approximate surface area is 160 Å². The van der Waals surface area contributed by atoms with Crippen LogP contribution in [0.25, 0.3) is 0 Å². The van der Waals surface area contributed by atoms with Crippen LogP contribution in [0.2, 0.25) is 0 Å². The molecule has 1 aromatic carbocycles. The van der Waals surface area contributed by atoms with Crippen molar-refractivity contribution in [3.63, 3.8) is 0 Å². The van der Waals surface area contributed by atoms with E-state index in [9.17, 15) is 26.4 Å². The molecule has 0 bridgehead atoms. The van der Waals surface area contributed by atoms with Crippen molar-refractivity contribution in [3.05, 3.63) is 59.9 Å². The second-order valence-corrected chi connectivity index (χ2v) is 8.41. The minimum atomic E-state index is -4.53. The maximum absolute atomic E-state index is 12.8. The predicted octanol–water partition coefficient (Wildman–Crippen LogP) is 2.64. The highest BCUT2D eigenvalue weighted by Gasteiger charge is 2.35. The first-order valence-corrected chi connectivity index (χ1v) is 9.93. The topological polar surface area (TPSA) is 70.6 Å². The van der Waals surface area contributed by atoms with Crippen molar-refractivity contribution in [2.24, 2.45) is 0 Å². The highest BCUT2D eigenvalue weighted by molar-refractivity contribution is 7.89. The third-order valence-electron chi connectivity index (χ3n) is 4.60. The molecule has 150 valence electrons. The number of carbonyl (C=O) groups is 1. The summed E-state index contributed by atoms with van der Waals surface area (Å²) >= 11 is 0. The van der Waals surface area contributed by atoms with Gasteiger partial charge >= 0.3 is 6.18 Å². The van der Waals surface area contributed by atoms with Gasteiger partial charge < -0.3 is 4.90 Å². The van der Waals surface area contributed by atoms with Crippen LogP contribution in [0.5, 0.6) is 0 Å². The number of benzene rings is 1. The van der Waals surface area contributed by atoms with Gasteiger partial charge in [-0.1, -0.05) is 0 Å². The van der Waals surface area contributed by atoms with Crippen LogP contribution in [0.15, 0.2) is 53.7 Å². The molecule has 1 amide bonds. The fourth-order valence-electron chi connectivity index (χ4n) is 3.07. The third-order valence-corrected chi connectivity index (χ3v) is 6.48. The Kier molecular flexibility index (Phi) is 5.44. The Hall–Kier alpha value is -2.46. The van der Waals surface area contributed by atoms with Gasteiger partial charge in [0, 0.05) is 43.6 Å². The van der Waals surface area contributed by atoms with E-state index in [1.807, 2.05) is 0 Å². The van der Waals surface area contributed by atoms with Gasteiger partial charge in [0.2, 0.25) is 10.0 Å². The fraction of sp³-hybridized carbons (Fsp3) is 0.333. The molecule has 2 aromatic rings. The van der Waals surface area contributed by atoms with Crippen LogP contribution in [0.3, 0.4) is 0 Å². The molecule has 1 saturated heterocycles. The lowest BCUT2D eigenvalue weighted by molar-refractivity contribution is -0.137. The summed E-state index contributed by atoms with van der Waals surface area (Å²) in [5.41, 5.74) is -0.450. The van der Waals surface area contributed by atoms with Crippen molar-refractivity contribution in [3.8, 4) is 0 Å². The third kappa shape index (κ3) is 4.02. The Bertz CT molecular complexity index is 948. The molecule has 0 N–H and O–H groups in total. The number of hydrogen-bond acceptors (Lipinski definition) is 4. The molecule has 0 spiro atoms. The summed E-state index contributed by atoms with van der Waals surface area (Å²) < 4.78 is 64.8. The molecular weight excluding hydrogens is 395 g/mol. The van der Waals surface area contributed by atoms with Crippen molar-refractivity contribution < 1.29 is 26.4 Å². The van der Waals surface area contributed by atoms with Crippen LogP contribution in [0, 0.1) is 0 Å². The predicted molar refractivity (Wildman–Crippen MR) is 94.9 cm³/mol. The van der Waals surface area contributed by atoms with E-state index in [0.717, 1.165) is 24.3 Å². The summed E-state index contributed by atoms with van der Waals surface area (Å²) in [5, 5.41) is 0. The number of alkyl halides is 3. The van der Waals surface area contributed by atoms with Crippen molar-refractivity contribution >= 4 is 15.9 Å². The molecule has 1 aliphatic rings. The van der Waals surface area contributed by atoms with Crippen LogP contribution < -0.4 is 0 Å². The van der Waals surface area contributed by atoms with E-state index >= 15 is 0 Å². The van der Waals surface area contributed by atoms with Crippen molar-refractivity contribution in [1.82, 2.24) is 14.2 Å².